The highest BCUT2D eigenvalue weighted by Crippen LogP contribution is 2.13. The third kappa shape index (κ3) is 3.24. The predicted octanol–water partition coefficient (Wildman–Crippen LogP) is 0.778. The minimum atomic E-state index is 0.0174. The van der Waals surface area contributed by atoms with Gasteiger partial charge in [-0.05, 0) is 24.3 Å². The second-order valence-electron chi connectivity index (χ2n) is 3.02. The molecule has 4 N–H and O–H groups in total. The number of benzene rings is 1. The van der Waals surface area contributed by atoms with E-state index in [0.29, 0.717) is 13.1 Å². The molecule has 1 aromatic rings. The lowest BCUT2D eigenvalue weighted by Crippen LogP contribution is -2.29. The van der Waals surface area contributed by atoms with Crippen LogP contribution < -0.4 is 11.1 Å². The summed E-state index contributed by atoms with van der Waals surface area (Å²) >= 11 is 0. The van der Waals surface area contributed by atoms with Gasteiger partial charge in [-0.25, -0.2) is 0 Å². The molecule has 0 spiro atoms. The van der Waals surface area contributed by atoms with Crippen molar-refractivity contribution in [2.24, 2.45) is 5.73 Å². The third-order valence-corrected chi connectivity index (χ3v) is 2.00. The lowest BCUT2D eigenvalue weighted by Gasteiger charge is -2.14. The first-order chi connectivity index (χ1) is 6.76. The number of phenols is 1. The fraction of sp³-hybridized carbons (Fsp3) is 0.400. The number of nitrogens with two attached hydrogens (primary N) is 1. The average molecular weight is 196 g/mol. The van der Waals surface area contributed by atoms with Crippen molar-refractivity contribution in [3.05, 3.63) is 24.3 Å². The molecule has 0 aliphatic carbocycles. The maximum atomic E-state index is 9.05. The second kappa shape index (κ2) is 5.47. The van der Waals surface area contributed by atoms with Crippen LogP contribution in [0.4, 0.5) is 5.69 Å². The molecule has 1 unspecified atom stereocenters. The van der Waals surface area contributed by atoms with E-state index in [0.717, 1.165) is 5.69 Å². The largest absolute Gasteiger partial charge is 0.508 e. The van der Waals surface area contributed by atoms with Gasteiger partial charge in [0, 0.05) is 25.9 Å². The molecule has 1 aromatic carbocycles. The van der Waals surface area contributed by atoms with E-state index < -0.39 is 0 Å². The quantitative estimate of drug-likeness (QED) is 0.609. The van der Waals surface area contributed by atoms with Crippen molar-refractivity contribution < 1.29 is 9.84 Å². The Balaban J connectivity index is 2.41. The lowest BCUT2D eigenvalue weighted by molar-refractivity contribution is 0.120. The Morgan fingerprint density at radius 1 is 1.43 bits per heavy atom. The van der Waals surface area contributed by atoms with Gasteiger partial charge in [-0.15, -0.1) is 0 Å². The van der Waals surface area contributed by atoms with Crippen LogP contribution in [0.1, 0.15) is 0 Å². The Bertz CT molecular complexity index is 257. The number of hydrogen-bond donors (Lipinski definition) is 3. The molecule has 4 heteroatoms. The average Bonchev–Trinajstić information content (AvgIpc) is 2.22. The Hall–Kier alpha value is -1.26. The molecule has 0 bridgehead atoms. The van der Waals surface area contributed by atoms with Gasteiger partial charge in [0.05, 0.1) is 6.10 Å². The van der Waals surface area contributed by atoms with Crippen LogP contribution in [0.15, 0.2) is 24.3 Å². The highest BCUT2D eigenvalue weighted by atomic mass is 16.5. The summed E-state index contributed by atoms with van der Waals surface area (Å²) in [6, 6.07) is 6.87. The van der Waals surface area contributed by atoms with E-state index in [1.54, 1.807) is 31.4 Å². The summed E-state index contributed by atoms with van der Waals surface area (Å²) in [7, 11) is 1.63. The molecule has 1 atom stereocenters. The Morgan fingerprint density at radius 3 is 2.57 bits per heavy atom. The van der Waals surface area contributed by atoms with Gasteiger partial charge in [0.15, 0.2) is 0 Å². The van der Waals surface area contributed by atoms with Crippen molar-refractivity contribution in [1.29, 1.82) is 0 Å². The van der Waals surface area contributed by atoms with E-state index in [2.05, 4.69) is 5.32 Å². The zero-order valence-electron chi connectivity index (χ0n) is 8.23. The maximum Gasteiger partial charge on any atom is 0.115 e. The normalized spacial score (nSPS) is 12.4. The van der Waals surface area contributed by atoms with E-state index >= 15 is 0 Å². The minimum Gasteiger partial charge on any atom is -0.508 e. The molecule has 0 aliphatic rings. The van der Waals surface area contributed by atoms with Gasteiger partial charge in [-0.2, -0.15) is 0 Å². The van der Waals surface area contributed by atoms with E-state index in [9.17, 15) is 0 Å². The molecule has 0 fully saturated rings. The van der Waals surface area contributed by atoms with E-state index in [-0.39, 0.29) is 11.9 Å². The predicted molar refractivity (Wildman–Crippen MR) is 56.4 cm³/mol. The topological polar surface area (TPSA) is 67.5 Å². The van der Waals surface area contributed by atoms with Gasteiger partial charge in [-0.1, -0.05) is 0 Å². The van der Waals surface area contributed by atoms with Crippen LogP contribution in [-0.2, 0) is 4.74 Å². The van der Waals surface area contributed by atoms with Crippen molar-refractivity contribution in [3.8, 4) is 5.75 Å². The van der Waals surface area contributed by atoms with Gasteiger partial charge in [0.25, 0.3) is 0 Å². The molecule has 0 radical (unpaired) electrons. The molecular formula is C10H16N2O2. The Labute approximate surface area is 83.7 Å². The summed E-state index contributed by atoms with van der Waals surface area (Å²) < 4.78 is 5.11. The van der Waals surface area contributed by atoms with E-state index in [1.807, 2.05) is 0 Å². The standard InChI is InChI=1S/C10H16N2O2/c1-14-10(6-11)7-12-8-2-4-9(13)5-3-8/h2-5,10,12-13H,6-7,11H2,1H3. The number of methoxy groups -OCH3 is 1. The number of aromatic hydroxyl groups is 1. The van der Waals surface area contributed by atoms with Crippen LogP contribution >= 0.6 is 0 Å². The molecule has 4 nitrogen and oxygen atoms in total. The molecule has 0 saturated heterocycles. The SMILES string of the molecule is COC(CN)CNc1ccc(O)cc1. The van der Waals surface area contributed by atoms with Gasteiger partial charge in [-0.3, -0.25) is 0 Å². The van der Waals surface area contributed by atoms with Gasteiger partial charge >= 0.3 is 0 Å². The first-order valence-corrected chi connectivity index (χ1v) is 4.52. The molecular weight excluding hydrogens is 180 g/mol. The molecule has 0 aromatic heterocycles. The first-order valence-electron chi connectivity index (χ1n) is 4.52. The zero-order chi connectivity index (χ0) is 10.4. The Morgan fingerprint density at radius 2 is 2.07 bits per heavy atom. The van der Waals surface area contributed by atoms with Crippen LogP contribution in [0.25, 0.3) is 0 Å². The Kier molecular flexibility index (Phi) is 4.22. The molecule has 14 heavy (non-hydrogen) atoms. The molecule has 78 valence electrons. The van der Waals surface area contributed by atoms with Gasteiger partial charge in [0.1, 0.15) is 5.75 Å². The fourth-order valence-electron chi connectivity index (χ4n) is 1.07. The molecule has 0 amide bonds. The highest BCUT2D eigenvalue weighted by Gasteiger charge is 2.03. The fourth-order valence-corrected chi connectivity index (χ4v) is 1.07. The van der Waals surface area contributed by atoms with Crippen molar-refractivity contribution in [1.82, 2.24) is 0 Å². The van der Waals surface area contributed by atoms with Crippen LogP contribution in [0.3, 0.4) is 0 Å². The molecule has 0 heterocycles. The summed E-state index contributed by atoms with van der Waals surface area (Å²) in [6.07, 6.45) is 0.0174. The lowest BCUT2D eigenvalue weighted by atomic mass is 10.3. The second-order valence-corrected chi connectivity index (χ2v) is 3.02. The summed E-state index contributed by atoms with van der Waals surface area (Å²) in [4.78, 5) is 0. The van der Waals surface area contributed by atoms with Crippen LogP contribution in [0.2, 0.25) is 0 Å². The summed E-state index contributed by atoms with van der Waals surface area (Å²) in [5, 5.41) is 12.2. The van der Waals surface area contributed by atoms with Gasteiger partial charge < -0.3 is 20.9 Å². The monoisotopic (exact) mass is 196 g/mol. The minimum absolute atomic E-state index is 0.0174. The van der Waals surface area contributed by atoms with Crippen molar-refractivity contribution in [2.75, 3.05) is 25.5 Å². The van der Waals surface area contributed by atoms with Crippen LogP contribution in [0.5, 0.6) is 5.75 Å². The third-order valence-electron chi connectivity index (χ3n) is 2.00. The summed E-state index contributed by atoms with van der Waals surface area (Å²) in [5.74, 6) is 0.262. The number of nitrogens with one attached hydrogen (secondary N) is 1. The van der Waals surface area contributed by atoms with Crippen molar-refractivity contribution in [2.45, 2.75) is 6.10 Å². The summed E-state index contributed by atoms with van der Waals surface area (Å²) in [6.45, 7) is 1.15. The smallest absolute Gasteiger partial charge is 0.115 e. The van der Waals surface area contributed by atoms with Crippen molar-refractivity contribution in [3.63, 3.8) is 0 Å². The molecule has 0 saturated carbocycles. The molecule has 0 aliphatic heterocycles. The van der Waals surface area contributed by atoms with Gasteiger partial charge in [0.2, 0.25) is 0 Å². The number of hydrogen-bond acceptors (Lipinski definition) is 4. The zero-order valence-corrected chi connectivity index (χ0v) is 8.23. The number of anilines is 1. The number of ether oxygens (including phenoxy) is 1. The van der Waals surface area contributed by atoms with Crippen LogP contribution in [-0.4, -0.2) is 31.4 Å². The maximum absolute atomic E-state index is 9.05. The first kappa shape index (κ1) is 10.8. The number of phenolic OH excluding ortho intramolecular Hbond substituents is 1. The number of rotatable bonds is 5. The van der Waals surface area contributed by atoms with Crippen molar-refractivity contribution >= 4 is 5.69 Å². The van der Waals surface area contributed by atoms with E-state index in [4.69, 9.17) is 15.6 Å². The highest BCUT2D eigenvalue weighted by molar-refractivity contribution is 5.45. The van der Waals surface area contributed by atoms with E-state index in [1.165, 1.54) is 0 Å². The molecule has 1 rings (SSSR count). The summed E-state index contributed by atoms with van der Waals surface area (Å²) in [5.41, 5.74) is 6.41. The van der Waals surface area contributed by atoms with Crippen LogP contribution in [0, 0.1) is 0 Å².